The molecule has 4 fully saturated rings. The predicted octanol–water partition coefficient (Wildman–Crippen LogP) is 3.78. The van der Waals surface area contributed by atoms with Gasteiger partial charge in [0.25, 0.3) is 11.8 Å². The van der Waals surface area contributed by atoms with Crippen molar-refractivity contribution in [2.45, 2.75) is 57.2 Å². The molecule has 8 heterocycles. The highest BCUT2D eigenvalue weighted by molar-refractivity contribution is 6.06. The molecule has 14 nitrogen and oxygen atoms in total. The number of nitrogens with one attached hydrogen (secondary N) is 3. The highest BCUT2D eigenvalue weighted by Gasteiger charge is 2.40. The van der Waals surface area contributed by atoms with Crippen LogP contribution in [0.25, 0.3) is 10.9 Å². The summed E-state index contributed by atoms with van der Waals surface area (Å²) in [6, 6.07) is 13.5. The van der Waals surface area contributed by atoms with Crippen LogP contribution in [0.3, 0.4) is 0 Å². The highest BCUT2D eigenvalue weighted by atomic mass is 16.2. The second-order valence-corrected chi connectivity index (χ2v) is 15.8. The molecule has 9 rings (SSSR count). The summed E-state index contributed by atoms with van der Waals surface area (Å²) < 4.78 is 0. The Hall–Kier alpha value is -5.34. The van der Waals surface area contributed by atoms with Crippen molar-refractivity contribution < 1.29 is 19.2 Å². The summed E-state index contributed by atoms with van der Waals surface area (Å²) in [7, 11) is 2.16. The monoisotopic (exact) mass is 744 g/mol. The quantitative estimate of drug-likeness (QED) is 0.228. The molecule has 3 N–H and O–H groups in total. The van der Waals surface area contributed by atoms with Gasteiger partial charge in [-0.15, -0.1) is 0 Å². The maximum absolute atomic E-state index is 13.3. The predicted molar refractivity (Wildman–Crippen MR) is 209 cm³/mol. The number of nitrogens with zero attached hydrogens (tertiary/aromatic N) is 7. The van der Waals surface area contributed by atoms with Crippen LogP contribution in [-0.2, 0) is 16.1 Å². The molecule has 14 heteroatoms. The third kappa shape index (κ3) is 7.04. The van der Waals surface area contributed by atoms with Gasteiger partial charge in [-0.3, -0.25) is 34.3 Å². The van der Waals surface area contributed by atoms with Crippen molar-refractivity contribution in [3.63, 3.8) is 0 Å². The lowest BCUT2D eigenvalue weighted by Gasteiger charge is -2.40. The molecule has 2 atom stereocenters. The van der Waals surface area contributed by atoms with Crippen LogP contribution in [0.2, 0.25) is 0 Å². The van der Waals surface area contributed by atoms with Crippen molar-refractivity contribution in [2.24, 2.45) is 5.92 Å². The minimum Gasteiger partial charge on any atom is -0.371 e. The van der Waals surface area contributed by atoms with Gasteiger partial charge in [-0.1, -0.05) is 6.07 Å². The first-order valence-corrected chi connectivity index (χ1v) is 19.7. The van der Waals surface area contributed by atoms with Gasteiger partial charge in [0.15, 0.2) is 0 Å². The van der Waals surface area contributed by atoms with Crippen LogP contribution in [0.15, 0.2) is 54.9 Å². The number of imide groups is 1. The van der Waals surface area contributed by atoms with Gasteiger partial charge in [-0.2, -0.15) is 0 Å². The van der Waals surface area contributed by atoms with Gasteiger partial charge in [0, 0.05) is 111 Å². The number of hydrogen-bond acceptors (Lipinski definition) is 10. The summed E-state index contributed by atoms with van der Waals surface area (Å²) in [5.41, 5.74) is 5.39. The van der Waals surface area contributed by atoms with E-state index in [1.54, 1.807) is 11.1 Å². The van der Waals surface area contributed by atoms with Crippen LogP contribution in [0, 0.1) is 5.92 Å². The Morgan fingerprint density at radius 3 is 2.45 bits per heavy atom. The van der Waals surface area contributed by atoms with Gasteiger partial charge < -0.3 is 25.0 Å². The van der Waals surface area contributed by atoms with Crippen LogP contribution in [0.1, 0.15) is 76.5 Å². The van der Waals surface area contributed by atoms with Gasteiger partial charge in [-0.25, -0.2) is 9.97 Å². The zero-order valence-corrected chi connectivity index (χ0v) is 31.3. The third-order valence-electron chi connectivity index (χ3n) is 12.4. The number of rotatable bonds is 8. The molecule has 286 valence electrons. The normalized spacial score (nSPS) is 22.8. The molecule has 0 saturated carbocycles. The summed E-state index contributed by atoms with van der Waals surface area (Å²) in [5, 5.41) is 6.38. The van der Waals surface area contributed by atoms with Gasteiger partial charge in [-0.05, 0) is 81.9 Å². The van der Waals surface area contributed by atoms with Gasteiger partial charge >= 0.3 is 0 Å². The van der Waals surface area contributed by atoms with E-state index in [0.717, 1.165) is 99.6 Å². The molecule has 0 radical (unpaired) electrons. The van der Waals surface area contributed by atoms with E-state index < -0.39 is 6.04 Å². The number of piperazine rings is 1. The molecule has 0 aliphatic carbocycles. The van der Waals surface area contributed by atoms with Crippen LogP contribution < -0.4 is 20.4 Å². The zero-order valence-electron chi connectivity index (χ0n) is 31.3. The molecule has 1 unspecified atom stereocenters. The number of piperidine rings is 2. The minimum absolute atomic E-state index is 0.128. The van der Waals surface area contributed by atoms with Gasteiger partial charge in [0.1, 0.15) is 17.7 Å². The molecule has 3 aromatic heterocycles. The average Bonchev–Trinajstić information content (AvgIpc) is 3.92. The Kier molecular flexibility index (Phi) is 9.46. The first kappa shape index (κ1) is 35.4. The number of aromatic amines is 1. The van der Waals surface area contributed by atoms with Crippen LogP contribution in [0.4, 0.5) is 17.3 Å². The van der Waals surface area contributed by atoms with E-state index in [9.17, 15) is 19.2 Å². The second kappa shape index (κ2) is 14.7. The number of aromatic nitrogens is 3. The van der Waals surface area contributed by atoms with E-state index >= 15 is 0 Å². The molecule has 4 aromatic rings. The largest absolute Gasteiger partial charge is 0.371 e. The van der Waals surface area contributed by atoms with Crippen molar-refractivity contribution in [3.8, 4) is 0 Å². The van der Waals surface area contributed by atoms with E-state index in [1.807, 2.05) is 36.5 Å². The topological polar surface area (TPSA) is 150 Å². The molecular weight excluding hydrogens is 697 g/mol. The van der Waals surface area contributed by atoms with Crippen LogP contribution >= 0.6 is 0 Å². The number of H-pyrrole nitrogens is 1. The van der Waals surface area contributed by atoms with E-state index in [1.165, 1.54) is 12.1 Å². The van der Waals surface area contributed by atoms with Crippen molar-refractivity contribution in [3.05, 3.63) is 77.2 Å². The van der Waals surface area contributed by atoms with Crippen molar-refractivity contribution in [2.75, 3.05) is 74.5 Å². The van der Waals surface area contributed by atoms with Crippen molar-refractivity contribution in [1.29, 1.82) is 0 Å². The highest BCUT2D eigenvalue weighted by Crippen LogP contribution is 2.36. The molecule has 1 aromatic carbocycles. The first-order chi connectivity index (χ1) is 26.8. The number of anilines is 3. The summed E-state index contributed by atoms with van der Waals surface area (Å²) in [6.45, 7) is 8.08. The van der Waals surface area contributed by atoms with E-state index in [-0.39, 0.29) is 30.0 Å². The lowest BCUT2D eigenvalue weighted by molar-refractivity contribution is -0.136. The van der Waals surface area contributed by atoms with Crippen LogP contribution in [0.5, 0.6) is 0 Å². The number of likely N-dealkylation sites (tertiary alicyclic amines) is 1. The Labute approximate surface area is 320 Å². The fourth-order valence-corrected chi connectivity index (χ4v) is 9.24. The molecular formula is C41H48N10O4. The van der Waals surface area contributed by atoms with E-state index in [0.29, 0.717) is 41.9 Å². The standard InChI is InChI=1S/C41H48N10O4/c1-47-13-3-6-34(47)32-20-28-23-42-36(21-31(28)44-32)45-39(53)27-7-9-37(43-22-27)50-18-16-48(17-19-50)24-26-11-14-49(15-12-26)33-5-2-4-29-30(33)25-51(41(29)55)35-8-10-38(52)46-40(35)54/h2,4-5,7,9,20-23,26,34-35,44H,3,6,8,10-19,24-25H2,1H3,(H,42,45,53)(H,46,52,54)/t34-,35?/m1/s1. The number of carbonyl (C=O) groups excluding carboxylic acids is 4. The number of carbonyl (C=O) groups is 4. The maximum Gasteiger partial charge on any atom is 0.258 e. The molecule has 4 saturated heterocycles. The summed E-state index contributed by atoms with van der Waals surface area (Å²) >= 11 is 0. The average molecular weight is 745 g/mol. The van der Waals surface area contributed by atoms with Crippen molar-refractivity contribution in [1.82, 2.24) is 35.0 Å². The molecule has 55 heavy (non-hydrogen) atoms. The SMILES string of the molecule is CN1CCC[C@@H]1c1cc2cnc(NC(=O)c3ccc(N4CCN(CC5CCN(c6cccc7c6CN(C6CCC(=O)NC6=O)C7=O)CC5)CC4)nc3)cc2[nH]1. The Morgan fingerprint density at radius 2 is 1.71 bits per heavy atom. The lowest BCUT2D eigenvalue weighted by Crippen LogP contribution is -2.52. The Morgan fingerprint density at radius 1 is 0.873 bits per heavy atom. The summed E-state index contributed by atoms with van der Waals surface area (Å²) in [4.78, 5) is 74.6. The van der Waals surface area contributed by atoms with E-state index in [4.69, 9.17) is 0 Å². The Bertz CT molecular complexity index is 2120. The molecule has 4 amide bonds. The van der Waals surface area contributed by atoms with Gasteiger partial charge in [0.2, 0.25) is 11.8 Å². The lowest BCUT2D eigenvalue weighted by atomic mass is 9.94. The molecule has 0 bridgehead atoms. The summed E-state index contributed by atoms with van der Waals surface area (Å²) in [5.74, 6) is 0.971. The maximum atomic E-state index is 13.3. The number of amides is 4. The molecule has 5 aliphatic heterocycles. The second-order valence-electron chi connectivity index (χ2n) is 15.8. The molecule has 5 aliphatic rings. The number of hydrogen-bond donors (Lipinski definition) is 3. The fourth-order valence-electron chi connectivity index (χ4n) is 9.24. The molecule has 0 spiro atoms. The zero-order chi connectivity index (χ0) is 37.6. The Balaban J connectivity index is 0.741. The number of benzene rings is 1. The smallest absolute Gasteiger partial charge is 0.258 e. The number of pyridine rings is 2. The van der Waals surface area contributed by atoms with E-state index in [2.05, 4.69) is 64.4 Å². The summed E-state index contributed by atoms with van der Waals surface area (Å²) in [6.07, 6.45) is 8.57. The van der Waals surface area contributed by atoms with Gasteiger partial charge in [0.05, 0.1) is 11.1 Å². The van der Waals surface area contributed by atoms with Crippen molar-refractivity contribution >= 4 is 51.9 Å². The van der Waals surface area contributed by atoms with Crippen LogP contribution in [-0.4, -0.2) is 119 Å². The minimum atomic E-state index is -0.606. The fraction of sp³-hybridized carbons (Fsp3) is 0.463. The third-order valence-corrected chi connectivity index (χ3v) is 12.4. The number of fused-ring (bicyclic) bond motifs is 2. The first-order valence-electron chi connectivity index (χ1n) is 19.7.